The Labute approximate surface area is 159 Å². The Morgan fingerprint density at radius 2 is 2.12 bits per heavy atom. The molecule has 1 aromatic carbocycles. The number of ether oxygens (including phenoxy) is 1. The highest BCUT2D eigenvalue weighted by Crippen LogP contribution is 2.33. The molecule has 2 aromatic rings. The average molecular weight is 373 g/mol. The molecule has 2 N–H and O–H groups in total. The van der Waals surface area contributed by atoms with Crippen LogP contribution in [0.3, 0.4) is 0 Å². The van der Waals surface area contributed by atoms with Crippen LogP contribution >= 0.6 is 11.3 Å². The van der Waals surface area contributed by atoms with E-state index < -0.39 is 0 Å². The fraction of sp³-hybridized carbons (Fsp3) is 0.500. The van der Waals surface area contributed by atoms with E-state index in [1.165, 1.54) is 5.56 Å². The summed E-state index contributed by atoms with van der Waals surface area (Å²) in [6, 6.07) is 10.5. The highest BCUT2D eigenvalue weighted by atomic mass is 32.1. The summed E-state index contributed by atoms with van der Waals surface area (Å²) in [6.07, 6.45) is 1.22. The molecule has 0 saturated carbocycles. The molecule has 5 nitrogen and oxygen atoms in total. The number of guanidine groups is 1. The molecular formula is C20H28N4OS. The zero-order valence-corrected chi connectivity index (χ0v) is 16.6. The summed E-state index contributed by atoms with van der Waals surface area (Å²) in [5, 5.41) is 10.0. The topological polar surface area (TPSA) is 58.5 Å². The standard InChI is InChI=1S/C20H28N4OS/c1-14(2)17-13-26-18(24-17)12-23-20(21-3)22-11-16-9-10-25-19(16)15-7-5-4-6-8-15/h4-8,13-14,16,19H,9-12H2,1-3H3,(H2,21,22,23). The number of nitrogens with one attached hydrogen (secondary N) is 2. The Bertz CT molecular complexity index is 714. The highest BCUT2D eigenvalue weighted by molar-refractivity contribution is 7.09. The zero-order valence-electron chi connectivity index (χ0n) is 15.7. The lowest BCUT2D eigenvalue weighted by Gasteiger charge is -2.20. The second kappa shape index (κ2) is 9.14. The molecule has 0 bridgehead atoms. The van der Waals surface area contributed by atoms with E-state index in [1.54, 1.807) is 18.4 Å². The van der Waals surface area contributed by atoms with E-state index in [1.807, 2.05) is 6.07 Å². The largest absolute Gasteiger partial charge is 0.373 e. The Morgan fingerprint density at radius 1 is 1.31 bits per heavy atom. The first-order chi connectivity index (χ1) is 12.7. The van der Waals surface area contributed by atoms with Crippen molar-refractivity contribution in [2.75, 3.05) is 20.2 Å². The van der Waals surface area contributed by atoms with E-state index in [4.69, 9.17) is 4.74 Å². The summed E-state index contributed by atoms with van der Waals surface area (Å²) in [7, 11) is 1.80. The van der Waals surface area contributed by atoms with E-state index in [2.05, 4.69) is 64.1 Å². The van der Waals surface area contributed by atoms with Gasteiger partial charge in [0.1, 0.15) is 5.01 Å². The Morgan fingerprint density at radius 3 is 2.81 bits per heavy atom. The minimum Gasteiger partial charge on any atom is -0.373 e. The van der Waals surface area contributed by atoms with Crippen LogP contribution < -0.4 is 10.6 Å². The zero-order chi connectivity index (χ0) is 18.4. The minimum absolute atomic E-state index is 0.161. The fourth-order valence-corrected chi connectivity index (χ4v) is 4.03. The SMILES string of the molecule is CN=C(NCc1nc(C(C)C)cs1)NCC1CCOC1c1ccccc1. The summed E-state index contributed by atoms with van der Waals surface area (Å²) in [4.78, 5) is 8.99. The predicted octanol–water partition coefficient (Wildman–Crippen LogP) is 3.71. The molecule has 1 aliphatic rings. The van der Waals surface area contributed by atoms with Crippen LogP contribution in [-0.2, 0) is 11.3 Å². The lowest BCUT2D eigenvalue weighted by molar-refractivity contribution is 0.0915. The van der Waals surface area contributed by atoms with E-state index in [0.29, 0.717) is 18.4 Å². The van der Waals surface area contributed by atoms with Gasteiger partial charge >= 0.3 is 0 Å². The molecule has 2 unspecified atom stereocenters. The molecule has 2 atom stereocenters. The number of rotatable bonds is 6. The molecule has 140 valence electrons. The number of benzene rings is 1. The van der Waals surface area contributed by atoms with E-state index in [9.17, 15) is 0 Å². The first kappa shape index (κ1) is 18.9. The quantitative estimate of drug-likeness (QED) is 0.599. The molecule has 1 fully saturated rings. The monoisotopic (exact) mass is 372 g/mol. The van der Waals surface area contributed by atoms with Crippen molar-refractivity contribution in [2.24, 2.45) is 10.9 Å². The number of thiazole rings is 1. The van der Waals surface area contributed by atoms with Crippen LogP contribution in [0.1, 0.15) is 48.6 Å². The molecule has 1 saturated heterocycles. The summed E-state index contributed by atoms with van der Waals surface area (Å²) >= 11 is 1.70. The van der Waals surface area contributed by atoms with Crippen LogP contribution in [0.15, 0.2) is 40.7 Å². The predicted molar refractivity (Wildman–Crippen MR) is 108 cm³/mol. The van der Waals surface area contributed by atoms with Gasteiger partial charge in [0.25, 0.3) is 0 Å². The third-order valence-electron chi connectivity index (χ3n) is 4.67. The van der Waals surface area contributed by atoms with Gasteiger partial charge in [0.2, 0.25) is 0 Å². The minimum atomic E-state index is 0.161. The van der Waals surface area contributed by atoms with Gasteiger partial charge in [-0.15, -0.1) is 11.3 Å². The third kappa shape index (κ3) is 4.83. The summed E-state index contributed by atoms with van der Waals surface area (Å²) in [5.41, 5.74) is 2.41. The smallest absolute Gasteiger partial charge is 0.191 e. The van der Waals surface area contributed by atoms with Gasteiger partial charge in [0.15, 0.2) is 5.96 Å². The van der Waals surface area contributed by atoms with Crippen molar-refractivity contribution in [3.05, 3.63) is 52.0 Å². The van der Waals surface area contributed by atoms with E-state index in [0.717, 1.165) is 36.2 Å². The number of hydrogen-bond donors (Lipinski definition) is 2. The van der Waals surface area contributed by atoms with Crippen molar-refractivity contribution in [3.8, 4) is 0 Å². The Hall–Kier alpha value is -1.92. The Balaban J connectivity index is 1.50. The number of hydrogen-bond acceptors (Lipinski definition) is 4. The third-order valence-corrected chi connectivity index (χ3v) is 5.53. The van der Waals surface area contributed by atoms with Gasteiger partial charge in [0.05, 0.1) is 18.3 Å². The normalized spacial score (nSPS) is 20.5. The number of aromatic nitrogens is 1. The Kier molecular flexibility index (Phi) is 6.63. The number of aliphatic imine (C=N–C) groups is 1. The van der Waals surface area contributed by atoms with E-state index in [-0.39, 0.29) is 6.10 Å². The maximum atomic E-state index is 5.96. The lowest BCUT2D eigenvalue weighted by Crippen LogP contribution is -2.39. The molecular weight excluding hydrogens is 344 g/mol. The molecule has 1 aromatic heterocycles. The van der Waals surface area contributed by atoms with Crippen LogP contribution in [0.5, 0.6) is 0 Å². The van der Waals surface area contributed by atoms with Crippen molar-refractivity contribution in [3.63, 3.8) is 0 Å². The first-order valence-electron chi connectivity index (χ1n) is 9.22. The van der Waals surface area contributed by atoms with Gasteiger partial charge in [-0.25, -0.2) is 4.98 Å². The molecule has 0 radical (unpaired) electrons. The summed E-state index contributed by atoms with van der Waals surface area (Å²) in [6.45, 7) is 6.68. The maximum Gasteiger partial charge on any atom is 0.191 e. The number of nitrogens with zero attached hydrogens (tertiary/aromatic N) is 2. The molecule has 0 aliphatic carbocycles. The van der Waals surface area contributed by atoms with Gasteiger partial charge in [-0.1, -0.05) is 44.2 Å². The van der Waals surface area contributed by atoms with Crippen LogP contribution in [0.2, 0.25) is 0 Å². The molecule has 0 amide bonds. The average Bonchev–Trinajstić information content (AvgIpc) is 3.32. The van der Waals surface area contributed by atoms with Gasteiger partial charge in [-0.2, -0.15) is 0 Å². The van der Waals surface area contributed by atoms with Crippen LogP contribution in [-0.4, -0.2) is 31.1 Å². The molecule has 2 heterocycles. The first-order valence-corrected chi connectivity index (χ1v) is 10.1. The summed E-state index contributed by atoms with van der Waals surface area (Å²) in [5.74, 6) is 1.73. The maximum absolute atomic E-state index is 5.96. The molecule has 0 spiro atoms. The van der Waals surface area contributed by atoms with Crippen molar-refractivity contribution >= 4 is 17.3 Å². The second-order valence-electron chi connectivity index (χ2n) is 6.88. The summed E-state index contributed by atoms with van der Waals surface area (Å²) < 4.78 is 5.96. The van der Waals surface area contributed by atoms with Gasteiger partial charge in [0, 0.05) is 31.5 Å². The van der Waals surface area contributed by atoms with Crippen molar-refractivity contribution in [2.45, 2.75) is 38.8 Å². The molecule has 3 rings (SSSR count). The fourth-order valence-electron chi connectivity index (χ4n) is 3.13. The second-order valence-corrected chi connectivity index (χ2v) is 7.82. The lowest BCUT2D eigenvalue weighted by atomic mass is 9.95. The van der Waals surface area contributed by atoms with Crippen LogP contribution in [0.25, 0.3) is 0 Å². The van der Waals surface area contributed by atoms with Crippen molar-refractivity contribution in [1.82, 2.24) is 15.6 Å². The van der Waals surface area contributed by atoms with Crippen LogP contribution in [0.4, 0.5) is 0 Å². The van der Waals surface area contributed by atoms with Gasteiger partial charge in [-0.3, -0.25) is 4.99 Å². The van der Waals surface area contributed by atoms with Gasteiger partial charge in [-0.05, 0) is 17.9 Å². The highest BCUT2D eigenvalue weighted by Gasteiger charge is 2.29. The van der Waals surface area contributed by atoms with Crippen molar-refractivity contribution < 1.29 is 4.74 Å². The molecule has 6 heteroatoms. The van der Waals surface area contributed by atoms with E-state index >= 15 is 0 Å². The van der Waals surface area contributed by atoms with Crippen LogP contribution in [0, 0.1) is 5.92 Å². The van der Waals surface area contributed by atoms with Gasteiger partial charge < -0.3 is 15.4 Å². The molecule has 26 heavy (non-hydrogen) atoms. The van der Waals surface area contributed by atoms with Crippen molar-refractivity contribution in [1.29, 1.82) is 0 Å². The molecule has 1 aliphatic heterocycles.